The molecule has 3 nitrogen and oxygen atoms in total. The molecule has 0 saturated carbocycles. The van der Waals surface area contributed by atoms with Crippen LogP contribution in [-0.4, -0.2) is 22.3 Å². The van der Waals surface area contributed by atoms with Crippen LogP contribution in [-0.2, 0) is 0 Å². The predicted octanol–water partition coefficient (Wildman–Crippen LogP) is 4.57. The first kappa shape index (κ1) is 21.5. The molecule has 0 aromatic rings. The molecule has 0 fully saturated rings. The van der Waals surface area contributed by atoms with Crippen LogP contribution in [0, 0.1) is 22.2 Å². The highest BCUT2D eigenvalue weighted by Crippen LogP contribution is 2.48. The number of rotatable bonds is 8. The van der Waals surface area contributed by atoms with E-state index < -0.39 is 0 Å². The fourth-order valence-electron chi connectivity index (χ4n) is 2.92. The van der Waals surface area contributed by atoms with Crippen LogP contribution < -0.4 is 5.84 Å². The lowest BCUT2D eigenvalue weighted by molar-refractivity contribution is -0.0662. The molecule has 0 aliphatic carbocycles. The van der Waals surface area contributed by atoms with Crippen molar-refractivity contribution in [3.05, 3.63) is 12.8 Å². The van der Waals surface area contributed by atoms with Crippen molar-refractivity contribution in [3.8, 4) is 0 Å². The smallest absolute Gasteiger partial charge is 0.0598 e. The third-order valence-corrected chi connectivity index (χ3v) is 5.55. The van der Waals surface area contributed by atoms with Gasteiger partial charge in [0.15, 0.2) is 0 Å². The van der Waals surface area contributed by atoms with Gasteiger partial charge in [0.1, 0.15) is 0 Å². The largest absolute Gasteiger partial charge is 0.393 e. The molecule has 3 N–H and O–H groups in total. The van der Waals surface area contributed by atoms with Crippen molar-refractivity contribution >= 4 is 0 Å². The Balaban J connectivity index is 5.38. The summed E-state index contributed by atoms with van der Waals surface area (Å²) in [6, 6.07) is 0.172. The Bertz CT molecular complexity index is 353. The standard InChI is InChI=1S/C19H40N2O/c1-11-21(20)15(17(4,5)6)13-18(7,8)19(9,10)16(22)12-14(2)3/h11,14-16,22H,1,12-13,20H2,2-10H3. The summed E-state index contributed by atoms with van der Waals surface area (Å²) in [5.41, 5.74) is -0.206. The summed E-state index contributed by atoms with van der Waals surface area (Å²) in [6.07, 6.45) is 3.10. The molecular weight excluding hydrogens is 272 g/mol. The maximum absolute atomic E-state index is 10.7. The Morgan fingerprint density at radius 1 is 1.09 bits per heavy atom. The number of hydrogen-bond acceptors (Lipinski definition) is 3. The molecule has 0 rings (SSSR count). The predicted molar refractivity (Wildman–Crippen MR) is 97.1 cm³/mol. The van der Waals surface area contributed by atoms with Gasteiger partial charge in [-0.05, 0) is 35.0 Å². The lowest BCUT2D eigenvalue weighted by Gasteiger charge is -2.50. The second-order valence-electron chi connectivity index (χ2n) is 9.47. The van der Waals surface area contributed by atoms with E-state index in [1.165, 1.54) is 0 Å². The molecular formula is C19H40N2O. The molecule has 132 valence electrons. The van der Waals surface area contributed by atoms with Gasteiger partial charge in [-0.2, -0.15) is 0 Å². The summed E-state index contributed by atoms with van der Waals surface area (Å²) in [4.78, 5) is 0. The molecule has 0 heterocycles. The van der Waals surface area contributed by atoms with Crippen molar-refractivity contribution in [1.82, 2.24) is 5.01 Å². The number of aliphatic hydroxyl groups is 1. The Kier molecular flexibility index (Phi) is 7.17. The van der Waals surface area contributed by atoms with Crippen LogP contribution in [0.5, 0.6) is 0 Å². The van der Waals surface area contributed by atoms with Gasteiger partial charge in [-0.3, -0.25) is 0 Å². The average molecular weight is 313 g/mol. The van der Waals surface area contributed by atoms with Crippen LogP contribution in [0.15, 0.2) is 12.8 Å². The molecule has 0 aromatic carbocycles. The van der Waals surface area contributed by atoms with Crippen LogP contribution in [0.2, 0.25) is 0 Å². The number of hydrazine groups is 1. The zero-order chi connectivity index (χ0) is 17.9. The van der Waals surface area contributed by atoms with Crippen molar-refractivity contribution in [1.29, 1.82) is 0 Å². The number of aliphatic hydroxyl groups excluding tert-OH is 1. The van der Waals surface area contributed by atoms with E-state index in [0.29, 0.717) is 5.92 Å². The molecule has 0 bridgehead atoms. The highest BCUT2D eigenvalue weighted by molar-refractivity contribution is 4.97. The fourth-order valence-corrected chi connectivity index (χ4v) is 2.92. The summed E-state index contributed by atoms with van der Waals surface area (Å²) in [5, 5.41) is 12.5. The topological polar surface area (TPSA) is 49.5 Å². The summed E-state index contributed by atoms with van der Waals surface area (Å²) in [7, 11) is 0. The molecule has 0 saturated heterocycles. The van der Waals surface area contributed by atoms with Crippen LogP contribution >= 0.6 is 0 Å². The Hall–Kier alpha value is -0.540. The monoisotopic (exact) mass is 312 g/mol. The Labute approximate surface area is 138 Å². The molecule has 2 unspecified atom stereocenters. The van der Waals surface area contributed by atoms with Gasteiger partial charge in [-0.1, -0.05) is 68.9 Å². The quantitative estimate of drug-likeness (QED) is 0.510. The van der Waals surface area contributed by atoms with E-state index in [1.807, 2.05) is 0 Å². The second kappa shape index (κ2) is 7.35. The van der Waals surface area contributed by atoms with Gasteiger partial charge in [-0.25, -0.2) is 5.84 Å². The summed E-state index contributed by atoms with van der Waals surface area (Å²) in [6.45, 7) is 23.6. The summed E-state index contributed by atoms with van der Waals surface area (Å²) < 4.78 is 0. The van der Waals surface area contributed by atoms with Crippen LogP contribution in [0.25, 0.3) is 0 Å². The fraction of sp³-hybridized carbons (Fsp3) is 0.895. The van der Waals surface area contributed by atoms with Crippen LogP contribution in [0.3, 0.4) is 0 Å². The summed E-state index contributed by atoms with van der Waals surface area (Å²) >= 11 is 0. The SMILES string of the molecule is C=CN(N)C(CC(C)(C)C(C)(C)C(O)CC(C)C)C(C)(C)C. The molecule has 0 spiro atoms. The average Bonchev–Trinajstić information content (AvgIpc) is 2.32. The molecule has 0 radical (unpaired) electrons. The van der Waals surface area contributed by atoms with E-state index in [2.05, 4.69) is 68.9 Å². The minimum atomic E-state index is -0.321. The molecule has 0 aromatic heterocycles. The van der Waals surface area contributed by atoms with Crippen molar-refractivity contribution in [2.24, 2.45) is 28.0 Å². The summed E-state index contributed by atoms with van der Waals surface area (Å²) in [5.74, 6) is 6.65. The van der Waals surface area contributed by atoms with Gasteiger partial charge < -0.3 is 10.1 Å². The van der Waals surface area contributed by atoms with E-state index in [0.717, 1.165) is 12.8 Å². The van der Waals surface area contributed by atoms with Gasteiger partial charge in [-0.15, -0.1) is 0 Å². The van der Waals surface area contributed by atoms with Crippen molar-refractivity contribution in [2.45, 2.75) is 87.3 Å². The first-order valence-corrected chi connectivity index (χ1v) is 8.50. The number of hydrogen-bond donors (Lipinski definition) is 2. The lowest BCUT2D eigenvalue weighted by atomic mass is 9.59. The molecule has 0 aliphatic rings. The first-order chi connectivity index (χ1) is 9.66. The van der Waals surface area contributed by atoms with Gasteiger partial charge >= 0.3 is 0 Å². The van der Waals surface area contributed by atoms with Gasteiger partial charge in [0.05, 0.1) is 6.10 Å². The minimum Gasteiger partial charge on any atom is -0.393 e. The van der Waals surface area contributed by atoms with Crippen molar-refractivity contribution < 1.29 is 5.11 Å². The third-order valence-electron chi connectivity index (χ3n) is 5.55. The Morgan fingerprint density at radius 3 is 1.86 bits per heavy atom. The van der Waals surface area contributed by atoms with E-state index in [9.17, 15) is 5.11 Å². The lowest BCUT2D eigenvalue weighted by Crippen LogP contribution is -2.52. The Morgan fingerprint density at radius 2 is 1.55 bits per heavy atom. The normalized spacial score (nSPS) is 16.5. The van der Waals surface area contributed by atoms with Crippen LogP contribution in [0.4, 0.5) is 0 Å². The van der Waals surface area contributed by atoms with Gasteiger partial charge in [0, 0.05) is 12.2 Å². The highest BCUT2D eigenvalue weighted by Gasteiger charge is 2.45. The van der Waals surface area contributed by atoms with Crippen molar-refractivity contribution in [2.75, 3.05) is 0 Å². The molecule has 0 amide bonds. The highest BCUT2D eigenvalue weighted by atomic mass is 16.3. The van der Waals surface area contributed by atoms with E-state index in [1.54, 1.807) is 11.2 Å². The zero-order valence-corrected chi connectivity index (χ0v) is 16.4. The number of nitrogens with two attached hydrogens (primary N) is 1. The van der Waals surface area contributed by atoms with E-state index >= 15 is 0 Å². The minimum absolute atomic E-state index is 0.0410. The second-order valence-corrected chi connectivity index (χ2v) is 9.47. The van der Waals surface area contributed by atoms with Crippen LogP contribution in [0.1, 0.15) is 75.2 Å². The molecule has 2 atom stereocenters. The number of nitrogens with zero attached hydrogens (tertiary/aromatic N) is 1. The van der Waals surface area contributed by atoms with E-state index in [-0.39, 0.29) is 28.4 Å². The molecule has 3 heteroatoms. The first-order valence-electron chi connectivity index (χ1n) is 8.50. The van der Waals surface area contributed by atoms with Gasteiger partial charge in [0.2, 0.25) is 0 Å². The van der Waals surface area contributed by atoms with E-state index in [4.69, 9.17) is 5.84 Å². The maximum Gasteiger partial charge on any atom is 0.0598 e. The molecule has 22 heavy (non-hydrogen) atoms. The zero-order valence-electron chi connectivity index (χ0n) is 16.4. The van der Waals surface area contributed by atoms with Gasteiger partial charge in [0.25, 0.3) is 0 Å². The molecule has 0 aliphatic heterocycles. The maximum atomic E-state index is 10.7. The van der Waals surface area contributed by atoms with Crippen molar-refractivity contribution in [3.63, 3.8) is 0 Å². The third kappa shape index (κ3) is 5.27.